The third kappa shape index (κ3) is 3.54. The van der Waals surface area contributed by atoms with E-state index in [4.69, 9.17) is 11.6 Å². The molecule has 1 atom stereocenters. The zero-order valence-electron chi connectivity index (χ0n) is 9.37. The maximum Gasteiger partial charge on any atom is 0.327 e. The van der Waals surface area contributed by atoms with Gasteiger partial charge in [0.1, 0.15) is 11.9 Å². The van der Waals surface area contributed by atoms with Crippen molar-refractivity contribution in [1.82, 2.24) is 5.32 Å². The van der Waals surface area contributed by atoms with Crippen LogP contribution in [-0.2, 0) is 9.53 Å². The van der Waals surface area contributed by atoms with Gasteiger partial charge >= 0.3 is 5.97 Å². The first-order valence-corrected chi connectivity index (χ1v) is 5.35. The molecule has 0 amide bonds. The smallest absolute Gasteiger partial charge is 0.327 e. The van der Waals surface area contributed by atoms with Gasteiger partial charge in [-0.15, -0.1) is 6.58 Å². The second-order valence-electron chi connectivity index (χ2n) is 3.32. The van der Waals surface area contributed by atoms with Gasteiger partial charge in [-0.25, -0.2) is 9.18 Å². The van der Waals surface area contributed by atoms with Crippen LogP contribution in [0.5, 0.6) is 0 Å². The van der Waals surface area contributed by atoms with Gasteiger partial charge in [-0.05, 0) is 12.1 Å². The molecule has 0 aliphatic carbocycles. The summed E-state index contributed by atoms with van der Waals surface area (Å²) in [4.78, 5) is 11.5. The lowest BCUT2D eigenvalue weighted by Crippen LogP contribution is -2.30. The van der Waals surface area contributed by atoms with Crippen molar-refractivity contribution >= 4 is 17.6 Å². The van der Waals surface area contributed by atoms with Crippen molar-refractivity contribution in [3.8, 4) is 0 Å². The van der Waals surface area contributed by atoms with Crippen LogP contribution >= 0.6 is 11.6 Å². The number of methoxy groups -OCH3 is 1. The molecule has 0 saturated carbocycles. The molecule has 0 aliphatic rings. The molecular formula is C12H13ClFNO2. The summed E-state index contributed by atoms with van der Waals surface area (Å²) in [6, 6.07) is 3.26. The number of benzene rings is 1. The molecule has 5 heteroatoms. The summed E-state index contributed by atoms with van der Waals surface area (Å²) in [6.45, 7) is 3.88. The van der Waals surface area contributed by atoms with Gasteiger partial charge in [0.2, 0.25) is 0 Å². The Balaban J connectivity index is 3.03. The van der Waals surface area contributed by atoms with Crippen LogP contribution in [0.3, 0.4) is 0 Å². The van der Waals surface area contributed by atoms with Crippen LogP contribution in [0.4, 0.5) is 4.39 Å². The minimum Gasteiger partial charge on any atom is -0.468 e. The average molecular weight is 258 g/mol. The predicted octanol–water partition coefficient (Wildman–Crippen LogP) is 2.47. The van der Waals surface area contributed by atoms with Crippen LogP contribution in [0.15, 0.2) is 30.9 Å². The fourth-order valence-electron chi connectivity index (χ4n) is 1.37. The molecule has 0 aliphatic heterocycles. The van der Waals surface area contributed by atoms with Crippen molar-refractivity contribution in [1.29, 1.82) is 0 Å². The van der Waals surface area contributed by atoms with Crippen molar-refractivity contribution in [3.63, 3.8) is 0 Å². The summed E-state index contributed by atoms with van der Waals surface area (Å²) in [5, 5.41) is 3.10. The SMILES string of the molecule is C=CCNC(C(=O)OC)c1ccc(Cl)cc1F. The van der Waals surface area contributed by atoms with Gasteiger partial charge in [0.05, 0.1) is 7.11 Å². The highest BCUT2D eigenvalue weighted by molar-refractivity contribution is 6.30. The Kier molecular flexibility index (Phi) is 5.12. The van der Waals surface area contributed by atoms with Gasteiger partial charge in [0, 0.05) is 17.1 Å². The highest BCUT2D eigenvalue weighted by atomic mass is 35.5. The number of rotatable bonds is 5. The Morgan fingerprint density at radius 1 is 1.71 bits per heavy atom. The van der Waals surface area contributed by atoms with E-state index in [0.29, 0.717) is 6.54 Å². The molecule has 1 aromatic carbocycles. The normalized spacial score (nSPS) is 11.9. The minimum atomic E-state index is -0.865. The number of hydrogen-bond donors (Lipinski definition) is 1. The van der Waals surface area contributed by atoms with Crippen molar-refractivity contribution in [2.24, 2.45) is 0 Å². The number of esters is 1. The number of hydrogen-bond acceptors (Lipinski definition) is 3. The number of carbonyl (C=O) groups excluding carboxylic acids is 1. The summed E-state index contributed by atoms with van der Waals surface area (Å²) < 4.78 is 18.3. The summed E-state index contributed by atoms with van der Waals surface area (Å²) >= 11 is 5.65. The maximum absolute atomic E-state index is 13.7. The largest absolute Gasteiger partial charge is 0.468 e. The Hall–Kier alpha value is -1.39. The topological polar surface area (TPSA) is 38.3 Å². The van der Waals surface area contributed by atoms with Gasteiger partial charge in [-0.2, -0.15) is 0 Å². The van der Waals surface area contributed by atoms with E-state index in [-0.39, 0.29) is 10.6 Å². The molecule has 3 nitrogen and oxygen atoms in total. The van der Waals surface area contributed by atoms with Gasteiger partial charge < -0.3 is 4.74 Å². The standard InChI is InChI=1S/C12H13ClFNO2/c1-3-6-15-11(12(16)17-2)9-5-4-8(13)7-10(9)14/h3-5,7,11,15H,1,6H2,2H3. The van der Waals surface area contributed by atoms with Crippen LogP contribution in [0.25, 0.3) is 0 Å². The number of carbonyl (C=O) groups is 1. The number of ether oxygens (including phenoxy) is 1. The third-order valence-electron chi connectivity index (χ3n) is 2.18. The van der Waals surface area contributed by atoms with E-state index in [9.17, 15) is 9.18 Å². The van der Waals surface area contributed by atoms with E-state index >= 15 is 0 Å². The molecule has 1 rings (SSSR count). The second-order valence-corrected chi connectivity index (χ2v) is 3.76. The predicted molar refractivity (Wildman–Crippen MR) is 64.4 cm³/mol. The van der Waals surface area contributed by atoms with Crippen molar-refractivity contribution in [2.45, 2.75) is 6.04 Å². The van der Waals surface area contributed by atoms with Crippen LogP contribution in [-0.4, -0.2) is 19.6 Å². The molecule has 0 fully saturated rings. The van der Waals surface area contributed by atoms with Gasteiger partial charge in [-0.1, -0.05) is 23.7 Å². The first-order chi connectivity index (χ1) is 8.10. The zero-order chi connectivity index (χ0) is 12.8. The first kappa shape index (κ1) is 13.7. The quantitative estimate of drug-likeness (QED) is 0.651. The van der Waals surface area contributed by atoms with Crippen LogP contribution < -0.4 is 5.32 Å². The van der Waals surface area contributed by atoms with Crippen LogP contribution in [0, 0.1) is 5.82 Å². The maximum atomic E-state index is 13.7. The fourth-order valence-corrected chi connectivity index (χ4v) is 1.53. The molecule has 1 N–H and O–H groups in total. The van der Waals surface area contributed by atoms with Crippen molar-refractivity contribution in [2.75, 3.05) is 13.7 Å². The lowest BCUT2D eigenvalue weighted by Gasteiger charge is -2.16. The van der Waals surface area contributed by atoms with Crippen molar-refractivity contribution < 1.29 is 13.9 Å². The Labute approximate surface area is 104 Å². The van der Waals surface area contributed by atoms with E-state index < -0.39 is 17.8 Å². The Bertz CT molecular complexity index is 423. The molecule has 0 saturated heterocycles. The number of halogens is 2. The molecule has 1 aromatic rings. The van der Waals surface area contributed by atoms with E-state index in [2.05, 4.69) is 16.6 Å². The van der Waals surface area contributed by atoms with E-state index in [1.165, 1.54) is 19.2 Å². The third-order valence-corrected chi connectivity index (χ3v) is 2.41. The lowest BCUT2D eigenvalue weighted by molar-refractivity contribution is -0.143. The van der Waals surface area contributed by atoms with E-state index in [1.807, 2.05) is 0 Å². The molecule has 92 valence electrons. The molecule has 0 heterocycles. The molecule has 17 heavy (non-hydrogen) atoms. The Morgan fingerprint density at radius 3 is 2.94 bits per heavy atom. The van der Waals surface area contributed by atoms with Gasteiger partial charge in [0.25, 0.3) is 0 Å². The molecule has 0 radical (unpaired) electrons. The molecular weight excluding hydrogens is 245 g/mol. The molecule has 0 bridgehead atoms. The summed E-state index contributed by atoms with van der Waals surface area (Å²) in [5.41, 5.74) is 0.197. The highest BCUT2D eigenvalue weighted by Crippen LogP contribution is 2.21. The summed E-state index contributed by atoms with van der Waals surface area (Å²) in [5.74, 6) is -1.11. The van der Waals surface area contributed by atoms with Crippen LogP contribution in [0.1, 0.15) is 11.6 Å². The molecule has 1 unspecified atom stereocenters. The van der Waals surface area contributed by atoms with Gasteiger partial charge in [0.15, 0.2) is 0 Å². The molecule has 0 aromatic heterocycles. The zero-order valence-corrected chi connectivity index (χ0v) is 10.1. The lowest BCUT2D eigenvalue weighted by atomic mass is 10.1. The van der Waals surface area contributed by atoms with E-state index in [0.717, 1.165) is 6.07 Å². The minimum absolute atomic E-state index is 0.197. The van der Waals surface area contributed by atoms with E-state index in [1.54, 1.807) is 6.08 Å². The highest BCUT2D eigenvalue weighted by Gasteiger charge is 2.23. The second kappa shape index (κ2) is 6.37. The Morgan fingerprint density at radius 2 is 2.41 bits per heavy atom. The summed E-state index contributed by atoms with van der Waals surface area (Å²) in [6.07, 6.45) is 1.57. The van der Waals surface area contributed by atoms with Gasteiger partial charge in [-0.3, -0.25) is 5.32 Å². The number of nitrogens with one attached hydrogen (secondary N) is 1. The fraction of sp³-hybridized carbons (Fsp3) is 0.250. The molecule has 0 spiro atoms. The van der Waals surface area contributed by atoms with Crippen molar-refractivity contribution in [3.05, 3.63) is 47.3 Å². The summed E-state index contributed by atoms with van der Waals surface area (Å²) in [7, 11) is 1.25. The monoisotopic (exact) mass is 257 g/mol. The first-order valence-electron chi connectivity index (χ1n) is 4.97. The average Bonchev–Trinajstić information content (AvgIpc) is 2.31. The van der Waals surface area contributed by atoms with Crippen LogP contribution in [0.2, 0.25) is 5.02 Å².